The van der Waals surface area contributed by atoms with Gasteiger partial charge in [0.25, 0.3) is 0 Å². The molecule has 4 rings (SSSR count). The zero-order valence-corrected chi connectivity index (χ0v) is 19.3. The van der Waals surface area contributed by atoms with E-state index in [9.17, 15) is 14.9 Å². The van der Waals surface area contributed by atoms with Crippen LogP contribution in [0, 0.1) is 11.3 Å². The lowest BCUT2D eigenvalue weighted by atomic mass is 9.89. The van der Waals surface area contributed by atoms with Crippen molar-refractivity contribution in [2.75, 3.05) is 36.1 Å². The molecular formula is C26H26N6O3. The quantitative estimate of drug-likeness (QED) is 0.484. The third kappa shape index (κ3) is 5.86. The second kappa shape index (κ2) is 11.0. The van der Waals surface area contributed by atoms with E-state index in [4.69, 9.17) is 4.74 Å². The molecule has 9 heteroatoms. The van der Waals surface area contributed by atoms with Crippen LogP contribution in [0.1, 0.15) is 29.9 Å². The Morgan fingerprint density at radius 3 is 2.46 bits per heavy atom. The van der Waals surface area contributed by atoms with E-state index in [2.05, 4.69) is 20.9 Å². The van der Waals surface area contributed by atoms with E-state index in [1.54, 1.807) is 42.5 Å². The van der Waals surface area contributed by atoms with Crippen LogP contribution in [0.25, 0.3) is 0 Å². The first kappa shape index (κ1) is 23.6. The number of ether oxygens (including phenoxy) is 1. The smallest absolute Gasteiger partial charge is 0.323 e. The molecule has 3 N–H and O–H groups in total. The van der Waals surface area contributed by atoms with Gasteiger partial charge in [-0.3, -0.25) is 5.32 Å². The minimum absolute atomic E-state index is 0.251. The van der Waals surface area contributed by atoms with Crippen LogP contribution in [0.2, 0.25) is 0 Å². The van der Waals surface area contributed by atoms with Crippen LogP contribution in [0.3, 0.4) is 0 Å². The van der Waals surface area contributed by atoms with E-state index in [-0.39, 0.29) is 17.9 Å². The Morgan fingerprint density at radius 2 is 1.74 bits per heavy atom. The highest BCUT2D eigenvalue weighted by Crippen LogP contribution is 2.29. The fraction of sp³-hybridized carbons (Fsp3) is 0.231. The molecule has 178 valence electrons. The number of para-hydroxylation sites is 2. The highest BCUT2D eigenvalue weighted by atomic mass is 16.5. The van der Waals surface area contributed by atoms with Crippen LogP contribution >= 0.6 is 0 Å². The van der Waals surface area contributed by atoms with E-state index in [0.29, 0.717) is 41.7 Å². The number of carbonyl (C=O) groups excluding carboxylic acids is 2. The number of nitrogens with zero attached hydrogens (tertiary/aromatic N) is 3. The lowest BCUT2D eigenvalue weighted by Crippen LogP contribution is -2.40. The third-order valence-electron chi connectivity index (χ3n) is 5.93. The van der Waals surface area contributed by atoms with Gasteiger partial charge in [0.2, 0.25) is 0 Å². The van der Waals surface area contributed by atoms with Crippen molar-refractivity contribution in [3.8, 4) is 11.8 Å². The van der Waals surface area contributed by atoms with Crippen LogP contribution < -0.4 is 20.7 Å². The van der Waals surface area contributed by atoms with Crippen LogP contribution in [0.15, 0.2) is 66.9 Å². The Bertz CT molecular complexity index is 1230. The number of pyridine rings is 1. The molecule has 3 aromatic rings. The fourth-order valence-corrected chi connectivity index (χ4v) is 4.06. The summed E-state index contributed by atoms with van der Waals surface area (Å²) in [7, 11) is 1.55. The Labute approximate surface area is 203 Å². The number of carbonyl (C=O) groups is 2. The predicted molar refractivity (Wildman–Crippen MR) is 134 cm³/mol. The Morgan fingerprint density at radius 1 is 1.00 bits per heavy atom. The first-order chi connectivity index (χ1) is 17.1. The Kier molecular flexibility index (Phi) is 7.43. The minimum atomic E-state index is -0.353. The minimum Gasteiger partial charge on any atom is -0.495 e. The number of methoxy groups -OCH3 is 1. The predicted octanol–water partition coefficient (Wildman–Crippen LogP) is 5.02. The van der Waals surface area contributed by atoms with Gasteiger partial charge in [-0.05, 0) is 60.7 Å². The van der Waals surface area contributed by atoms with Crippen LogP contribution in [0.4, 0.5) is 26.8 Å². The molecule has 1 fully saturated rings. The zero-order chi connectivity index (χ0) is 24.6. The molecule has 9 nitrogen and oxygen atoms in total. The summed E-state index contributed by atoms with van der Waals surface area (Å²) in [5.41, 5.74) is 2.77. The second-order valence-corrected chi connectivity index (χ2v) is 8.10. The molecular weight excluding hydrogens is 444 g/mol. The molecule has 0 atom stereocenters. The van der Waals surface area contributed by atoms with Gasteiger partial charge in [-0.2, -0.15) is 5.26 Å². The highest BCUT2D eigenvalue weighted by Gasteiger charge is 2.24. The lowest BCUT2D eigenvalue weighted by molar-refractivity contribution is 0.194. The maximum Gasteiger partial charge on any atom is 0.323 e. The van der Waals surface area contributed by atoms with Crippen molar-refractivity contribution < 1.29 is 14.3 Å². The summed E-state index contributed by atoms with van der Waals surface area (Å²) in [4.78, 5) is 30.8. The number of benzene rings is 2. The molecule has 0 radical (unpaired) electrons. The number of aromatic nitrogens is 1. The summed E-state index contributed by atoms with van der Waals surface area (Å²) in [6, 6.07) is 19.7. The number of nitriles is 1. The van der Waals surface area contributed by atoms with Gasteiger partial charge in [-0.15, -0.1) is 0 Å². The van der Waals surface area contributed by atoms with Crippen molar-refractivity contribution in [3.63, 3.8) is 0 Å². The number of urea groups is 2. The molecule has 35 heavy (non-hydrogen) atoms. The number of nitrogens with one attached hydrogen (secondary N) is 3. The van der Waals surface area contributed by atoms with Crippen molar-refractivity contribution in [1.29, 1.82) is 5.26 Å². The number of piperidine rings is 1. The number of hydrogen-bond donors (Lipinski definition) is 3. The van der Waals surface area contributed by atoms with Gasteiger partial charge >= 0.3 is 12.1 Å². The molecule has 0 spiro atoms. The van der Waals surface area contributed by atoms with E-state index < -0.39 is 0 Å². The van der Waals surface area contributed by atoms with E-state index >= 15 is 0 Å². The largest absolute Gasteiger partial charge is 0.495 e. The average Bonchev–Trinajstić information content (AvgIpc) is 2.90. The molecule has 1 aromatic heterocycles. The third-order valence-corrected chi connectivity index (χ3v) is 5.93. The monoisotopic (exact) mass is 470 g/mol. The Hall–Kier alpha value is -4.58. The second-order valence-electron chi connectivity index (χ2n) is 8.10. The van der Waals surface area contributed by atoms with Gasteiger partial charge in [0, 0.05) is 25.0 Å². The summed E-state index contributed by atoms with van der Waals surface area (Å²) >= 11 is 0. The van der Waals surface area contributed by atoms with E-state index in [1.165, 1.54) is 0 Å². The van der Waals surface area contributed by atoms with Crippen molar-refractivity contribution in [3.05, 3.63) is 78.0 Å². The summed E-state index contributed by atoms with van der Waals surface area (Å²) in [6.07, 6.45) is 3.19. The molecule has 1 saturated heterocycles. The van der Waals surface area contributed by atoms with Gasteiger partial charge < -0.3 is 20.3 Å². The molecule has 2 heterocycles. The lowest BCUT2D eigenvalue weighted by Gasteiger charge is -2.32. The first-order valence-corrected chi connectivity index (χ1v) is 11.3. The standard InChI is InChI=1S/C26H26N6O3/c1-35-23-7-3-2-6-22(23)30-25(33)29-21-10-8-18(9-11-21)19-12-15-32(16-13-19)26(34)31-24-20(17-27)5-4-14-28-24/h2-11,14,19H,12-13,15-16H2,1H3,(H,28,31,34)(H2,29,30,33). The van der Waals surface area contributed by atoms with Crippen molar-refractivity contribution in [1.82, 2.24) is 9.88 Å². The molecule has 0 saturated carbocycles. The van der Waals surface area contributed by atoms with Gasteiger partial charge in [0.05, 0.1) is 18.4 Å². The van der Waals surface area contributed by atoms with Gasteiger partial charge in [-0.25, -0.2) is 14.6 Å². The normalized spacial score (nSPS) is 13.4. The van der Waals surface area contributed by atoms with E-state index in [0.717, 1.165) is 18.4 Å². The van der Waals surface area contributed by atoms with Crippen molar-refractivity contribution in [2.24, 2.45) is 0 Å². The van der Waals surface area contributed by atoms with Crippen LogP contribution in [-0.2, 0) is 0 Å². The molecule has 4 amide bonds. The summed E-state index contributed by atoms with van der Waals surface area (Å²) < 4.78 is 5.25. The number of rotatable bonds is 5. The van der Waals surface area contributed by atoms with Gasteiger partial charge in [-0.1, -0.05) is 24.3 Å². The zero-order valence-electron chi connectivity index (χ0n) is 19.3. The number of amides is 4. The number of likely N-dealkylation sites (tertiary alicyclic amines) is 1. The highest BCUT2D eigenvalue weighted by molar-refractivity contribution is 6.00. The Balaban J connectivity index is 1.28. The first-order valence-electron chi connectivity index (χ1n) is 11.3. The number of hydrogen-bond acceptors (Lipinski definition) is 5. The maximum absolute atomic E-state index is 12.6. The van der Waals surface area contributed by atoms with Gasteiger partial charge in [0.15, 0.2) is 5.82 Å². The molecule has 1 aliphatic rings. The summed E-state index contributed by atoms with van der Waals surface area (Å²) in [5, 5.41) is 17.5. The molecule has 0 aliphatic carbocycles. The molecule has 1 aliphatic heterocycles. The average molecular weight is 471 g/mol. The number of anilines is 3. The maximum atomic E-state index is 12.6. The summed E-state index contributed by atoms with van der Waals surface area (Å²) in [6.45, 7) is 1.21. The van der Waals surface area contributed by atoms with Crippen LogP contribution in [0.5, 0.6) is 5.75 Å². The molecule has 0 bridgehead atoms. The van der Waals surface area contributed by atoms with Crippen LogP contribution in [-0.4, -0.2) is 42.1 Å². The van der Waals surface area contributed by atoms with Gasteiger partial charge in [0.1, 0.15) is 11.8 Å². The van der Waals surface area contributed by atoms with Crippen molar-refractivity contribution >= 4 is 29.3 Å². The molecule has 0 unspecified atom stereocenters. The van der Waals surface area contributed by atoms with Crippen molar-refractivity contribution in [2.45, 2.75) is 18.8 Å². The topological polar surface area (TPSA) is 119 Å². The summed E-state index contributed by atoms with van der Waals surface area (Å²) in [5.74, 6) is 1.18. The fourth-order valence-electron chi connectivity index (χ4n) is 4.06. The molecule has 2 aromatic carbocycles. The SMILES string of the molecule is COc1ccccc1NC(=O)Nc1ccc(C2CCN(C(=O)Nc3ncccc3C#N)CC2)cc1. The van der Waals surface area contributed by atoms with E-state index in [1.807, 2.05) is 42.5 Å².